The molecule has 0 saturated heterocycles. The minimum absolute atomic E-state index is 0.180. The molecule has 98 valence electrons. The highest BCUT2D eigenvalue weighted by molar-refractivity contribution is 6.05. The maximum Gasteiger partial charge on any atom is 0.167 e. The third-order valence-electron chi connectivity index (χ3n) is 3.62. The summed E-state index contributed by atoms with van der Waals surface area (Å²) in [5.74, 6) is 2.57. The van der Waals surface area contributed by atoms with Gasteiger partial charge in [-0.3, -0.25) is 4.79 Å². The van der Waals surface area contributed by atoms with Gasteiger partial charge in [-0.1, -0.05) is 18.2 Å². The largest absolute Gasteiger partial charge is 0.496 e. The normalized spacial score (nSPS) is 14.3. The molecule has 3 rings (SSSR count). The van der Waals surface area contributed by atoms with Crippen molar-refractivity contribution in [3.63, 3.8) is 0 Å². The molecule has 3 heteroatoms. The highest BCUT2D eigenvalue weighted by atomic mass is 16.5. The summed E-state index contributed by atoms with van der Waals surface area (Å²) in [5.41, 5.74) is 2.59. The molecule has 2 aromatic rings. The Morgan fingerprint density at radius 1 is 1.16 bits per heavy atom. The number of methoxy groups -OCH3 is 1. The van der Waals surface area contributed by atoms with Crippen LogP contribution in [0.15, 0.2) is 28.7 Å². The van der Waals surface area contributed by atoms with Crippen LogP contribution in [0, 0.1) is 6.92 Å². The average molecular weight is 256 g/mol. The number of hydrogen-bond acceptors (Lipinski definition) is 3. The zero-order valence-electron chi connectivity index (χ0n) is 11.2. The lowest BCUT2D eigenvalue weighted by molar-refractivity contribution is 0.0970. The fraction of sp³-hybridized carbons (Fsp3) is 0.312. The van der Waals surface area contributed by atoms with Crippen LogP contribution >= 0.6 is 0 Å². The summed E-state index contributed by atoms with van der Waals surface area (Å²) in [6, 6.07) is 7.75. The van der Waals surface area contributed by atoms with Crippen LogP contribution in [-0.4, -0.2) is 12.9 Å². The number of ether oxygens (including phenoxy) is 1. The molecule has 1 aliphatic rings. The topological polar surface area (TPSA) is 39.4 Å². The molecule has 1 aromatic heterocycles. The smallest absolute Gasteiger partial charge is 0.167 e. The average Bonchev–Trinajstić information content (AvgIpc) is 2.76. The van der Waals surface area contributed by atoms with E-state index in [9.17, 15) is 4.79 Å². The van der Waals surface area contributed by atoms with Crippen molar-refractivity contribution in [2.24, 2.45) is 0 Å². The molecule has 1 aliphatic carbocycles. The van der Waals surface area contributed by atoms with Gasteiger partial charge < -0.3 is 9.15 Å². The molecular weight excluding hydrogens is 240 g/mol. The Hall–Kier alpha value is -2.03. The highest BCUT2D eigenvalue weighted by Crippen LogP contribution is 2.40. The predicted octanol–water partition coefficient (Wildman–Crippen LogP) is 3.78. The molecule has 0 spiro atoms. The molecule has 0 N–H and O–H groups in total. The molecule has 0 radical (unpaired) electrons. The predicted molar refractivity (Wildman–Crippen MR) is 72.7 cm³/mol. The zero-order valence-corrected chi connectivity index (χ0v) is 11.2. The van der Waals surface area contributed by atoms with Crippen molar-refractivity contribution < 1.29 is 13.9 Å². The second kappa shape index (κ2) is 4.57. The van der Waals surface area contributed by atoms with Crippen molar-refractivity contribution in [2.75, 3.05) is 7.11 Å². The molecule has 3 nitrogen and oxygen atoms in total. The van der Waals surface area contributed by atoms with Crippen molar-refractivity contribution >= 4 is 5.78 Å². The second-order valence-electron chi connectivity index (χ2n) is 4.81. The van der Waals surface area contributed by atoms with Gasteiger partial charge >= 0.3 is 0 Å². The van der Waals surface area contributed by atoms with Gasteiger partial charge in [0.1, 0.15) is 17.3 Å². The summed E-state index contributed by atoms with van der Waals surface area (Å²) in [4.78, 5) is 12.2. The molecule has 1 aromatic carbocycles. The van der Waals surface area contributed by atoms with E-state index in [1.54, 1.807) is 7.11 Å². The Morgan fingerprint density at radius 3 is 2.74 bits per heavy atom. The van der Waals surface area contributed by atoms with Gasteiger partial charge in [-0.05, 0) is 19.4 Å². The molecular formula is C16H16O3. The number of carbonyl (C=O) groups excluding carboxylic acids is 1. The number of Topliss-reactive ketones (excluding diaryl/α,β-unsaturated/α-hetero) is 1. The van der Waals surface area contributed by atoms with Crippen LogP contribution in [0.3, 0.4) is 0 Å². The van der Waals surface area contributed by atoms with E-state index < -0.39 is 0 Å². The number of rotatable bonds is 2. The second-order valence-corrected chi connectivity index (χ2v) is 4.81. The number of benzene rings is 1. The first-order valence-electron chi connectivity index (χ1n) is 6.51. The SMILES string of the molecule is COc1ccccc1-c1c(C)oc2c1C(=O)CCC2. The molecule has 0 amide bonds. The minimum Gasteiger partial charge on any atom is -0.496 e. The number of hydrogen-bond donors (Lipinski definition) is 0. The van der Waals surface area contributed by atoms with E-state index in [0.717, 1.165) is 46.8 Å². The van der Waals surface area contributed by atoms with E-state index >= 15 is 0 Å². The summed E-state index contributed by atoms with van der Waals surface area (Å²) in [6.45, 7) is 1.91. The van der Waals surface area contributed by atoms with Crippen LogP contribution in [0.2, 0.25) is 0 Å². The van der Waals surface area contributed by atoms with Crippen LogP contribution < -0.4 is 4.74 Å². The third kappa shape index (κ3) is 1.86. The number of aryl methyl sites for hydroxylation is 2. The maximum atomic E-state index is 12.2. The van der Waals surface area contributed by atoms with Crippen LogP contribution in [-0.2, 0) is 6.42 Å². The minimum atomic E-state index is 0.180. The van der Waals surface area contributed by atoms with Gasteiger partial charge in [-0.25, -0.2) is 0 Å². The number of para-hydroxylation sites is 1. The van der Waals surface area contributed by atoms with Crippen molar-refractivity contribution in [1.29, 1.82) is 0 Å². The van der Waals surface area contributed by atoms with Crippen LogP contribution in [0.25, 0.3) is 11.1 Å². The van der Waals surface area contributed by atoms with Gasteiger partial charge in [-0.2, -0.15) is 0 Å². The molecule has 0 saturated carbocycles. The van der Waals surface area contributed by atoms with Gasteiger partial charge in [0.05, 0.1) is 12.7 Å². The lowest BCUT2D eigenvalue weighted by atomic mass is 9.90. The van der Waals surface area contributed by atoms with Gasteiger partial charge in [0.25, 0.3) is 0 Å². The van der Waals surface area contributed by atoms with Crippen molar-refractivity contribution in [2.45, 2.75) is 26.2 Å². The van der Waals surface area contributed by atoms with Gasteiger partial charge in [0, 0.05) is 24.0 Å². The Bertz CT molecular complexity index is 637. The third-order valence-corrected chi connectivity index (χ3v) is 3.62. The van der Waals surface area contributed by atoms with Crippen molar-refractivity contribution in [3.8, 4) is 16.9 Å². The molecule has 0 unspecified atom stereocenters. The molecule has 0 fully saturated rings. The summed E-state index contributed by atoms with van der Waals surface area (Å²) in [6.07, 6.45) is 2.33. The van der Waals surface area contributed by atoms with Gasteiger partial charge in [0.2, 0.25) is 0 Å². The molecule has 19 heavy (non-hydrogen) atoms. The molecule has 0 aliphatic heterocycles. The highest BCUT2D eigenvalue weighted by Gasteiger charge is 2.28. The molecule has 0 bridgehead atoms. The van der Waals surface area contributed by atoms with Gasteiger partial charge in [-0.15, -0.1) is 0 Å². The fourth-order valence-corrected chi connectivity index (χ4v) is 2.78. The van der Waals surface area contributed by atoms with E-state index in [-0.39, 0.29) is 5.78 Å². The van der Waals surface area contributed by atoms with E-state index in [1.807, 2.05) is 31.2 Å². The van der Waals surface area contributed by atoms with Gasteiger partial charge in [0.15, 0.2) is 5.78 Å². The van der Waals surface area contributed by atoms with Crippen LogP contribution in [0.5, 0.6) is 5.75 Å². The number of carbonyl (C=O) groups is 1. The lowest BCUT2D eigenvalue weighted by Gasteiger charge is -2.12. The molecule has 1 heterocycles. The molecule has 0 atom stereocenters. The number of ketones is 1. The Morgan fingerprint density at radius 2 is 1.95 bits per heavy atom. The van der Waals surface area contributed by atoms with E-state index in [0.29, 0.717) is 6.42 Å². The maximum absolute atomic E-state index is 12.2. The number of fused-ring (bicyclic) bond motifs is 1. The first-order chi connectivity index (χ1) is 9.22. The fourth-order valence-electron chi connectivity index (χ4n) is 2.78. The van der Waals surface area contributed by atoms with E-state index in [1.165, 1.54) is 0 Å². The van der Waals surface area contributed by atoms with E-state index in [4.69, 9.17) is 9.15 Å². The Labute approximate surface area is 112 Å². The quantitative estimate of drug-likeness (QED) is 0.820. The summed E-state index contributed by atoms with van der Waals surface area (Å²) in [7, 11) is 1.64. The lowest BCUT2D eigenvalue weighted by Crippen LogP contribution is -2.09. The summed E-state index contributed by atoms with van der Waals surface area (Å²) in [5, 5.41) is 0. The Balaban J connectivity index is 2.26. The van der Waals surface area contributed by atoms with Crippen LogP contribution in [0.4, 0.5) is 0 Å². The summed E-state index contributed by atoms with van der Waals surface area (Å²) < 4.78 is 11.2. The van der Waals surface area contributed by atoms with Crippen LogP contribution in [0.1, 0.15) is 34.7 Å². The standard InChI is InChI=1S/C16H16O3/c1-10-15(11-6-3-4-8-13(11)18-2)16-12(17)7-5-9-14(16)19-10/h3-4,6,8H,5,7,9H2,1-2H3. The van der Waals surface area contributed by atoms with Crippen molar-refractivity contribution in [3.05, 3.63) is 41.3 Å². The summed E-state index contributed by atoms with van der Waals surface area (Å²) >= 11 is 0. The first kappa shape index (κ1) is 12.0. The Kier molecular flexibility index (Phi) is 2.90. The monoisotopic (exact) mass is 256 g/mol. The van der Waals surface area contributed by atoms with E-state index in [2.05, 4.69) is 0 Å². The zero-order chi connectivity index (χ0) is 13.4. The first-order valence-corrected chi connectivity index (χ1v) is 6.51. The van der Waals surface area contributed by atoms with Crippen molar-refractivity contribution in [1.82, 2.24) is 0 Å². The number of furan rings is 1.